The number of benzene rings is 2. The van der Waals surface area contributed by atoms with Crippen molar-refractivity contribution in [3.8, 4) is 11.5 Å². The second kappa shape index (κ2) is 8.28. The molecule has 2 N–H and O–H groups in total. The van der Waals surface area contributed by atoms with Gasteiger partial charge < -0.3 is 29.4 Å². The van der Waals surface area contributed by atoms with Crippen molar-refractivity contribution in [1.29, 1.82) is 0 Å². The van der Waals surface area contributed by atoms with Gasteiger partial charge in [-0.15, -0.1) is 0 Å². The number of fused-ring (bicyclic) bond motifs is 2. The van der Waals surface area contributed by atoms with E-state index in [0.29, 0.717) is 31.9 Å². The van der Waals surface area contributed by atoms with Crippen LogP contribution in [-0.2, 0) is 4.74 Å². The van der Waals surface area contributed by atoms with Crippen molar-refractivity contribution in [3.63, 3.8) is 0 Å². The lowest BCUT2D eigenvalue weighted by molar-refractivity contribution is 0.0744. The Hall–Kier alpha value is -3.19. The lowest BCUT2D eigenvalue weighted by Gasteiger charge is -2.36. The van der Waals surface area contributed by atoms with E-state index < -0.39 is 5.54 Å². The molecule has 0 radical (unpaired) electrons. The summed E-state index contributed by atoms with van der Waals surface area (Å²) < 4.78 is 17.1. The highest BCUT2D eigenvalue weighted by Crippen LogP contribution is 2.34. The van der Waals surface area contributed by atoms with Crippen LogP contribution in [0.1, 0.15) is 17.3 Å². The minimum Gasteiger partial charge on any atom is -0.491 e. The molecule has 0 saturated carbocycles. The molecule has 0 aliphatic carbocycles. The largest absolute Gasteiger partial charge is 0.491 e. The molecule has 2 heterocycles. The van der Waals surface area contributed by atoms with Gasteiger partial charge >= 0.3 is 0 Å². The number of amides is 1. The summed E-state index contributed by atoms with van der Waals surface area (Å²) in [5, 5.41) is 4.61. The Bertz CT molecular complexity index is 1050. The van der Waals surface area contributed by atoms with Crippen LogP contribution in [0.25, 0.3) is 10.9 Å². The van der Waals surface area contributed by atoms with Crippen LogP contribution in [0, 0.1) is 0 Å². The van der Waals surface area contributed by atoms with Gasteiger partial charge in [0.2, 0.25) is 0 Å². The van der Waals surface area contributed by atoms with Crippen LogP contribution in [0.15, 0.2) is 48.7 Å². The summed E-state index contributed by atoms with van der Waals surface area (Å²) in [7, 11) is 3.39. The molecule has 30 heavy (non-hydrogen) atoms. The van der Waals surface area contributed by atoms with Crippen LogP contribution < -0.4 is 14.8 Å². The molecular weight excluding hydrogens is 382 g/mol. The van der Waals surface area contributed by atoms with Crippen molar-refractivity contribution in [2.45, 2.75) is 12.5 Å². The summed E-state index contributed by atoms with van der Waals surface area (Å²) in [5.74, 6) is 1.48. The topological polar surface area (TPSA) is 75.8 Å². The number of ether oxygens (including phenoxy) is 3. The fraction of sp³-hybridized carbons (Fsp3) is 0.348. The first-order chi connectivity index (χ1) is 14.5. The molecule has 0 fully saturated rings. The number of likely N-dealkylation sites (N-methyl/N-ethyl adjacent to an activating group) is 1. The zero-order valence-corrected chi connectivity index (χ0v) is 17.5. The van der Waals surface area contributed by atoms with Crippen LogP contribution in [0.3, 0.4) is 0 Å². The van der Waals surface area contributed by atoms with E-state index in [1.165, 1.54) is 0 Å². The number of carbonyl (C=O) groups is 1. The number of aromatic amines is 1. The van der Waals surface area contributed by atoms with Crippen molar-refractivity contribution in [2.24, 2.45) is 0 Å². The number of nitrogens with zero attached hydrogens (tertiary/aromatic N) is 1. The number of carbonyl (C=O) groups excluding carboxylic acids is 1. The first kappa shape index (κ1) is 20.1. The minimum atomic E-state index is -0.427. The van der Waals surface area contributed by atoms with E-state index in [0.717, 1.165) is 28.1 Å². The van der Waals surface area contributed by atoms with Gasteiger partial charge in [-0.3, -0.25) is 4.79 Å². The maximum atomic E-state index is 12.7. The smallest absolute Gasteiger partial charge is 0.253 e. The Kier molecular flexibility index (Phi) is 5.55. The number of anilines is 1. The fourth-order valence-electron chi connectivity index (χ4n) is 3.48. The average molecular weight is 409 g/mol. The van der Waals surface area contributed by atoms with Gasteiger partial charge in [0.25, 0.3) is 5.91 Å². The third-order valence-corrected chi connectivity index (χ3v) is 5.27. The van der Waals surface area contributed by atoms with Crippen LogP contribution in [0.5, 0.6) is 11.5 Å². The van der Waals surface area contributed by atoms with Gasteiger partial charge in [-0.1, -0.05) is 0 Å². The van der Waals surface area contributed by atoms with E-state index in [2.05, 4.69) is 10.3 Å². The normalized spacial score (nSPS) is 17.7. The van der Waals surface area contributed by atoms with Crippen LogP contribution in [-0.4, -0.2) is 61.9 Å². The summed E-state index contributed by atoms with van der Waals surface area (Å²) in [6.07, 6.45) is 1.91. The molecule has 1 unspecified atom stereocenters. The molecule has 1 amide bonds. The first-order valence-corrected chi connectivity index (χ1v) is 9.97. The van der Waals surface area contributed by atoms with E-state index in [1.54, 1.807) is 25.1 Å². The summed E-state index contributed by atoms with van der Waals surface area (Å²) in [6.45, 7) is 3.97. The number of rotatable bonds is 7. The van der Waals surface area contributed by atoms with E-state index in [-0.39, 0.29) is 5.91 Å². The second-order valence-electron chi connectivity index (χ2n) is 7.92. The molecule has 0 spiro atoms. The number of hydrogen-bond acceptors (Lipinski definition) is 5. The van der Waals surface area contributed by atoms with E-state index in [4.69, 9.17) is 14.2 Å². The summed E-state index contributed by atoms with van der Waals surface area (Å²) in [6, 6.07) is 13.4. The molecule has 158 valence electrons. The van der Waals surface area contributed by atoms with Crippen molar-refractivity contribution in [2.75, 3.05) is 45.8 Å². The number of methoxy groups -OCH3 is 1. The zero-order valence-electron chi connectivity index (χ0n) is 17.5. The number of aromatic nitrogens is 1. The van der Waals surface area contributed by atoms with Gasteiger partial charge in [-0.2, -0.15) is 0 Å². The van der Waals surface area contributed by atoms with Gasteiger partial charge in [0, 0.05) is 43.4 Å². The van der Waals surface area contributed by atoms with Crippen molar-refractivity contribution in [1.82, 2.24) is 9.88 Å². The van der Waals surface area contributed by atoms with E-state index >= 15 is 0 Å². The Balaban J connectivity index is 1.45. The average Bonchev–Trinajstić information content (AvgIpc) is 3.23. The molecule has 7 nitrogen and oxygen atoms in total. The SMILES string of the molecule is COCCN(C)C(=O)c1ccc2c(c1)NC(C)(COc1ccc3[nH]ccc3c1)CO2. The third kappa shape index (κ3) is 4.21. The minimum absolute atomic E-state index is 0.0556. The third-order valence-electron chi connectivity index (χ3n) is 5.27. The zero-order chi connectivity index (χ0) is 21.1. The second-order valence-corrected chi connectivity index (χ2v) is 7.92. The van der Waals surface area contributed by atoms with Crippen LogP contribution in [0.2, 0.25) is 0 Å². The molecule has 0 saturated heterocycles. The summed E-state index contributed by atoms with van der Waals surface area (Å²) in [4.78, 5) is 17.5. The Morgan fingerprint density at radius 3 is 2.93 bits per heavy atom. The maximum Gasteiger partial charge on any atom is 0.253 e. The number of hydrogen-bond donors (Lipinski definition) is 2. The molecule has 0 bridgehead atoms. The monoisotopic (exact) mass is 409 g/mol. The van der Waals surface area contributed by atoms with E-state index in [1.807, 2.05) is 49.5 Å². The Morgan fingerprint density at radius 1 is 1.23 bits per heavy atom. The highest BCUT2D eigenvalue weighted by atomic mass is 16.5. The molecule has 2 aromatic carbocycles. The molecule has 1 atom stereocenters. The molecule has 1 aliphatic heterocycles. The van der Waals surface area contributed by atoms with Crippen molar-refractivity contribution < 1.29 is 19.0 Å². The van der Waals surface area contributed by atoms with Crippen LogP contribution in [0.4, 0.5) is 5.69 Å². The fourth-order valence-corrected chi connectivity index (χ4v) is 3.48. The van der Waals surface area contributed by atoms with Gasteiger partial charge in [0.15, 0.2) is 0 Å². The van der Waals surface area contributed by atoms with Crippen molar-refractivity contribution in [3.05, 3.63) is 54.2 Å². The van der Waals surface area contributed by atoms with Gasteiger partial charge in [-0.05, 0) is 49.4 Å². The molecule has 3 aromatic rings. The summed E-state index contributed by atoms with van der Waals surface area (Å²) >= 11 is 0. The predicted octanol–water partition coefficient (Wildman–Crippen LogP) is 3.53. The van der Waals surface area contributed by atoms with Crippen LogP contribution >= 0.6 is 0 Å². The molecular formula is C23H27N3O4. The summed E-state index contributed by atoms with van der Waals surface area (Å²) in [5.41, 5.74) is 2.05. The highest BCUT2D eigenvalue weighted by molar-refractivity contribution is 5.95. The standard InChI is InChI=1S/C23H27N3O4/c1-23(14-29-18-5-6-19-16(12-18)8-9-24-19)15-30-21-7-4-17(13-20(21)25-23)22(27)26(2)10-11-28-3/h4-9,12-13,24-25H,10-11,14-15H2,1-3H3. The maximum absolute atomic E-state index is 12.7. The predicted molar refractivity (Wildman–Crippen MR) is 117 cm³/mol. The molecule has 7 heteroatoms. The quantitative estimate of drug-likeness (QED) is 0.624. The molecule has 1 aliphatic rings. The van der Waals surface area contributed by atoms with E-state index in [9.17, 15) is 4.79 Å². The highest BCUT2D eigenvalue weighted by Gasteiger charge is 2.32. The Morgan fingerprint density at radius 2 is 2.10 bits per heavy atom. The van der Waals surface area contributed by atoms with Gasteiger partial charge in [0.05, 0.1) is 12.3 Å². The Labute approximate surface area is 175 Å². The van der Waals surface area contributed by atoms with Gasteiger partial charge in [0.1, 0.15) is 30.3 Å². The lowest BCUT2D eigenvalue weighted by atomic mass is 10.0. The lowest BCUT2D eigenvalue weighted by Crippen LogP contribution is -2.49. The number of H-pyrrole nitrogens is 1. The molecule has 1 aromatic heterocycles. The number of nitrogens with one attached hydrogen (secondary N) is 2. The molecule has 4 rings (SSSR count). The first-order valence-electron chi connectivity index (χ1n) is 9.97. The van der Waals surface area contributed by atoms with Crippen molar-refractivity contribution >= 4 is 22.5 Å². The van der Waals surface area contributed by atoms with Gasteiger partial charge in [-0.25, -0.2) is 0 Å².